The van der Waals surface area contributed by atoms with Crippen molar-refractivity contribution in [2.45, 2.75) is 38.1 Å². The van der Waals surface area contributed by atoms with E-state index >= 15 is 0 Å². The summed E-state index contributed by atoms with van der Waals surface area (Å²) in [5.74, 6) is -0.320. The van der Waals surface area contributed by atoms with Crippen LogP contribution in [0.1, 0.15) is 37.6 Å². The van der Waals surface area contributed by atoms with Crippen molar-refractivity contribution in [1.29, 1.82) is 0 Å². The van der Waals surface area contributed by atoms with Gasteiger partial charge in [-0.3, -0.25) is 4.79 Å². The van der Waals surface area contributed by atoms with E-state index in [1.165, 1.54) is 12.1 Å². The maximum atomic E-state index is 12.6. The van der Waals surface area contributed by atoms with Crippen molar-refractivity contribution in [3.63, 3.8) is 0 Å². The van der Waals surface area contributed by atoms with Crippen molar-refractivity contribution in [2.24, 2.45) is 0 Å². The lowest BCUT2D eigenvalue weighted by Gasteiger charge is -2.28. The molecule has 0 saturated carbocycles. The van der Waals surface area contributed by atoms with E-state index in [1.807, 2.05) is 20.8 Å². The van der Waals surface area contributed by atoms with Gasteiger partial charge in [0.25, 0.3) is 15.0 Å². The molecule has 21 heavy (non-hydrogen) atoms. The summed E-state index contributed by atoms with van der Waals surface area (Å²) in [7, 11) is 1.40. The van der Waals surface area contributed by atoms with E-state index in [0.717, 1.165) is 6.42 Å². The zero-order valence-electron chi connectivity index (χ0n) is 11.9. The third kappa shape index (κ3) is 4.34. The molecule has 0 saturated heterocycles. The summed E-state index contributed by atoms with van der Waals surface area (Å²) in [6.45, 7) is 6.25. The predicted octanol–water partition coefficient (Wildman–Crippen LogP) is 4.29. The molecule has 0 radical (unpaired) electrons. The Bertz CT molecular complexity index is 649. The molecule has 0 spiro atoms. The lowest BCUT2D eigenvalue weighted by atomic mass is 10.1. The van der Waals surface area contributed by atoms with E-state index < -0.39 is 9.05 Å². The molecule has 0 aliphatic rings. The van der Waals surface area contributed by atoms with E-state index in [1.54, 1.807) is 4.90 Å². The normalized spacial score (nSPS) is 13.0. The highest BCUT2D eigenvalue weighted by atomic mass is 79.9. The Hall–Kier alpha value is -0.300. The Balaban J connectivity index is 3.42. The minimum absolute atomic E-state index is 0.0219. The van der Waals surface area contributed by atoms with Gasteiger partial charge in [0.1, 0.15) is 0 Å². The quantitative estimate of drug-likeness (QED) is 0.672. The molecule has 1 unspecified atom stereocenters. The van der Waals surface area contributed by atoms with Crippen molar-refractivity contribution >= 4 is 53.2 Å². The van der Waals surface area contributed by atoms with Crippen molar-refractivity contribution in [3.8, 4) is 0 Å². The third-order valence-electron chi connectivity index (χ3n) is 3.24. The second-order valence-electron chi connectivity index (χ2n) is 4.55. The number of hydrogen-bond donors (Lipinski definition) is 0. The van der Waals surface area contributed by atoms with Crippen molar-refractivity contribution in [1.82, 2.24) is 4.90 Å². The van der Waals surface area contributed by atoms with Crippen LogP contribution >= 0.6 is 38.2 Å². The summed E-state index contributed by atoms with van der Waals surface area (Å²) in [6.07, 6.45) is 0.784. The second kappa shape index (κ2) is 7.31. The molecule has 1 atom stereocenters. The SMILES string of the molecule is CCC(C)N(CC)C(=O)c1cc(S(=O)(=O)Cl)cc(Br)c1Cl. The van der Waals surface area contributed by atoms with Crippen LogP contribution in [0, 0.1) is 0 Å². The molecule has 0 bridgehead atoms. The number of hydrogen-bond acceptors (Lipinski definition) is 3. The maximum absolute atomic E-state index is 12.6. The monoisotopic (exact) mass is 415 g/mol. The fourth-order valence-corrected chi connectivity index (χ4v) is 3.48. The lowest BCUT2D eigenvalue weighted by molar-refractivity contribution is 0.0700. The highest BCUT2D eigenvalue weighted by Crippen LogP contribution is 2.32. The van der Waals surface area contributed by atoms with Crippen LogP contribution in [-0.4, -0.2) is 31.8 Å². The molecule has 0 aliphatic heterocycles. The van der Waals surface area contributed by atoms with Crippen LogP contribution in [0.15, 0.2) is 21.5 Å². The summed E-state index contributed by atoms with van der Waals surface area (Å²) in [4.78, 5) is 14.1. The van der Waals surface area contributed by atoms with Gasteiger partial charge in [0, 0.05) is 27.7 Å². The molecular weight excluding hydrogens is 401 g/mol. The van der Waals surface area contributed by atoms with Gasteiger partial charge >= 0.3 is 0 Å². The van der Waals surface area contributed by atoms with Gasteiger partial charge in [-0.2, -0.15) is 0 Å². The van der Waals surface area contributed by atoms with E-state index in [2.05, 4.69) is 15.9 Å². The Morgan fingerprint density at radius 3 is 2.38 bits per heavy atom. The van der Waals surface area contributed by atoms with E-state index in [4.69, 9.17) is 22.3 Å². The first-order valence-electron chi connectivity index (χ1n) is 6.38. The standard InChI is InChI=1S/C13H16BrCl2NO3S/c1-4-8(3)17(5-2)13(18)10-6-9(21(16,19)20)7-11(14)12(10)15/h6-8H,4-5H2,1-3H3. The fourth-order valence-electron chi connectivity index (χ4n) is 1.89. The Morgan fingerprint density at radius 2 is 1.95 bits per heavy atom. The van der Waals surface area contributed by atoms with Gasteiger partial charge in [-0.1, -0.05) is 18.5 Å². The molecule has 0 fully saturated rings. The van der Waals surface area contributed by atoms with Gasteiger partial charge < -0.3 is 4.90 Å². The topological polar surface area (TPSA) is 54.5 Å². The zero-order valence-corrected chi connectivity index (χ0v) is 15.8. The number of halogens is 3. The highest BCUT2D eigenvalue weighted by Gasteiger charge is 2.24. The van der Waals surface area contributed by atoms with Crippen LogP contribution in [0.3, 0.4) is 0 Å². The second-order valence-corrected chi connectivity index (χ2v) is 8.35. The van der Waals surface area contributed by atoms with Crippen molar-refractivity contribution < 1.29 is 13.2 Å². The van der Waals surface area contributed by atoms with E-state index in [-0.39, 0.29) is 27.4 Å². The van der Waals surface area contributed by atoms with Crippen LogP contribution in [-0.2, 0) is 9.05 Å². The maximum Gasteiger partial charge on any atom is 0.261 e. The largest absolute Gasteiger partial charge is 0.336 e. The third-order valence-corrected chi connectivity index (χ3v) is 5.83. The van der Waals surface area contributed by atoms with E-state index in [9.17, 15) is 13.2 Å². The number of rotatable bonds is 5. The molecule has 4 nitrogen and oxygen atoms in total. The summed E-state index contributed by atoms with van der Waals surface area (Å²) >= 11 is 9.28. The van der Waals surface area contributed by atoms with E-state index in [0.29, 0.717) is 11.0 Å². The number of carbonyl (C=O) groups excluding carboxylic acids is 1. The van der Waals surface area contributed by atoms with Gasteiger partial charge in [0.05, 0.1) is 15.5 Å². The predicted molar refractivity (Wildman–Crippen MR) is 88.7 cm³/mol. The summed E-state index contributed by atoms with van der Waals surface area (Å²) in [5.41, 5.74) is 0.118. The van der Waals surface area contributed by atoms with Crippen LogP contribution in [0.5, 0.6) is 0 Å². The first kappa shape index (κ1) is 18.7. The summed E-state index contributed by atoms with van der Waals surface area (Å²) in [5, 5.41) is 0.172. The zero-order chi connectivity index (χ0) is 16.4. The molecule has 0 N–H and O–H groups in total. The lowest BCUT2D eigenvalue weighted by Crippen LogP contribution is -2.38. The molecule has 1 aromatic rings. The van der Waals surface area contributed by atoms with Crippen LogP contribution in [0.25, 0.3) is 0 Å². The van der Waals surface area contributed by atoms with Crippen LogP contribution in [0.4, 0.5) is 0 Å². The number of nitrogens with zero attached hydrogens (tertiary/aromatic N) is 1. The highest BCUT2D eigenvalue weighted by molar-refractivity contribution is 9.10. The first-order valence-corrected chi connectivity index (χ1v) is 9.86. The fraction of sp³-hybridized carbons (Fsp3) is 0.462. The number of amides is 1. The first-order chi connectivity index (χ1) is 9.63. The summed E-state index contributed by atoms with van der Waals surface area (Å²) in [6, 6.07) is 2.51. The number of benzene rings is 1. The molecule has 1 amide bonds. The Morgan fingerprint density at radius 1 is 1.38 bits per heavy atom. The molecule has 118 valence electrons. The average Bonchev–Trinajstić information content (AvgIpc) is 2.40. The molecule has 0 aromatic heterocycles. The van der Waals surface area contributed by atoms with Crippen molar-refractivity contribution in [2.75, 3.05) is 6.54 Å². The average molecular weight is 417 g/mol. The minimum atomic E-state index is -3.94. The number of carbonyl (C=O) groups is 1. The molecule has 0 aliphatic carbocycles. The van der Waals surface area contributed by atoms with Crippen molar-refractivity contribution in [3.05, 3.63) is 27.2 Å². The van der Waals surface area contributed by atoms with Gasteiger partial charge in [0.15, 0.2) is 0 Å². The van der Waals surface area contributed by atoms with Gasteiger partial charge in [0.2, 0.25) is 0 Å². The molecule has 8 heteroatoms. The van der Waals surface area contributed by atoms with Gasteiger partial charge in [-0.25, -0.2) is 8.42 Å². The van der Waals surface area contributed by atoms with Gasteiger partial charge in [-0.15, -0.1) is 0 Å². The molecule has 1 rings (SSSR count). The molecule has 0 heterocycles. The van der Waals surface area contributed by atoms with Gasteiger partial charge in [-0.05, 0) is 48.3 Å². The Kier molecular flexibility index (Phi) is 6.53. The molecule has 1 aromatic carbocycles. The smallest absolute Gasteiger partial charge is 0.261 e. The summed E-state index contributed by atoms with van der Waals surface area (Å²) < 4.78 is 23.3. The molecular formula is C13H16BrCl2NO3S. The van der Waals surface area contributed by atoms with Crippen LogP contribution < -0.4 is 0 Å². The Labute approximate surface area is 143 Å². The van der Waals surface area contributed by atoms with Crippen LogP contribution in [0.2, 0.25) is 5.02 Å². The minimum Gasteiger partial charge on any atom is -0.336 e.